The van der Waals surface area contributed by atoms with Gasteiger partial charge in [-0.3, -0.25) is 4.79 Å². The summed E-state index contributed by atoms with van der Waals surface area (Å²) in [6.07, 6.45) is -3.35. The van der Waals surface area contributed by atoms with Crippen LogP contribution in [0.4, 0.5) is 17.6 Å². The number of carbonyl (C=O) groups is 1. The summed E-state index contributed by atoms with van der Waals surface area (Å²) in [6.45, 7) is 0. The first-order valence-corrected chi connectivity index (χ1v) is 6.12. The molecule has 1 amide bonds. The van der Waals surface area contributed by atoms with Gasteiger partial charge in [0.1, 0.15) is 5.82 Å². The molecule has 0 saturated heterocycles. The lowest BCUT2D eigenvalue weighted by Gasteiger charge is -2.06. The molecule has 3 nitrogen and oxygen atoms in total. The van der Waals surface area contributed by atoms with Crippen LogP contribution >= 0.6 is 0 Å². The molecule has 0 bridgehead atoms. The van der Waals surface area contributed by atoms with E-state index in [4.69, 9.17) is 0 Å². The number of rotatable bonds is 3. The number of halogens is 4. The van der Waals surface area contributed by atoms with Crippen molar-refractivity contribution in [3.8, 4) is 0 Å². The fraction of sp³-hybridized carbons (Fsp3) is 0.0667. The van der Waals surface area contributed by atoms with Crippen LogP contribution in [-0.2, 0) is 6.18 Å². The number of amides is 1. The highest BCUT2D eigenvalue weighted by atomic mass is 19.4. The highest BCUT2D eigenvalue weighted by Gasteiger charge is 2.30. The van der Waals surface area contributed by atoms with Crippen LogP contribution in [0.25, 0.3) is 0 Å². The Bertz CT molecular complexity index is 693. The third-order valence-corrected chi connectivity index (χ3v) is 2.70. The number of nitrogens with zero attached hydrogens (tertiary/aromatic N) is 1. The van der Waals surface area contributed by atoms with Gasteiger partial charge in [0.2, 0.25) is 0 Å². The Balaban J connectivity index is 2.03. The average Bonchev–Trinajstić information content (AvgIpc) is 2.47. The number of hydrogen-bond acceptors (Lipinski definition) is 2. The van der Waals surface area contributed by atoms with E-state index in [0.717, 1.165) is 30.5 Å². The largest absolute Gasteiger partial charge is 0.416 e. The number of hydrogen-bond donors (Lipinski definition) is 1. The molecule has 0 aliphatic carbocycles. The van der Waals surface area contributed by atoms with Crippen LogP contribution in [0.1, 0.15) is 21.5 Å². The molecule has 0 heterocycles. The number of benzene rings is 2. The first-order chi connectivity index (χ1) is 10.4. The van der Waals surface area contributed by atoms with Crippen LogP contribution in [0.15, 0.2) is 53.6 Å². The van der Waals surface area contributed by atoms with Crippen LogP contribution in [0.2, 0.25) is 0 Å². The molecule has 1 N–H and O–H groups in total. The first-order valence-electron chi connectivity index (χ1n) is 6.12. The topological polar surface area (TPSA) is 41.5 Å². The van der Waals surface area contributed by atoms with E-state index in [1.807, 2.05) is 0 Å². The second-order valence-electron chi connectivity index (χ2n) is 4.33. The standard InChI is InChI=1S/C15H10F4N2O/c16-13-6-4-11(5-7-13)14(22)21-20-9-10-2-1-3-12(8-10)15(17,18)19/h1-9H,(H,21,22). The van der Waals surface area contributed by atoms with E-state index in [9.17, 15) is 22.4 Å². The van der Waals surface area contributed by atoms with Gasteiger partial charge in [-0.25, -0.2) is 9.82 Å². The normalized spacial score (nSPS) is 11.6. The zero-order valence-corrected chi connectivity index (χ0v) is 11.1. The van der Waals surface area contributed by atoms with Gasteiger partial charge in [-0.2, -0.15) is 18.3 Å². The number of hydrazone groups is 1. The third kappa shape index (κ3) is 4.15. The van der Waals surface area contributed by atoms with Gasteiger partial charge in [0, 0.05) is 5.56 Å². The van der Waals surface area contributed by atoms with Gasteiger partial charge >= 0.3 is 6.18 Å². The van der Waals surface area contributed by atoms with Gasteiger partial charge in [-0.1, -0.05) is 12.1 Å². The number of nitrogens with one attached hydrogen (secondary N) is 1. The molecule has 2 aromatic rings. The molecular formula is C15H10F4N2O. The van der Waals surface area contributed by atoms with Gasteiger partial charge in [0.05, 0.1) is 11.8 Å². The predicted octanol–water partition coefficient (Wildman–Crippen LogP) is 3.61. The lowest BCUT2D eigenvalue weighted by atomic mass is 10.1. The van der Waals surface area contributed by atoms with E-state index < -0.39 is 23.5 Å². The van der Waals surface area contributed by atoms with E-state index in [2.05, 4.69) is 10.5 Å². The smallest absolute Gasteiger partial charge is 0.267 e. The molecule has 0 aliphatic rings. The second-order valence-corrected chi connectivity index (χ2v) is 4.33. The Morgan fingerprint density at radius 1 is 1.09 bits per heavy atom. The van der Waals surface area contributed by atoms with Crippen LogP contribution in [0.5, 0.6) is 0 Å². The van der Waals surface area contributed by atoms with Crippen molar-refractivity contribution < 1.29 is 22.4 Å². The summed E-state index contributed by atoms with van der Waals surface area (Å²) in [4.78, 5) is 11.6. The maximum atomic E-state index is 12.7. The van der Waals surface area contributed by atoms with Gasteiger partial charge < -0.3 is 0 Å². The maximum absolute atomic E-state index is 12.7. The molecule has 114 valence electrons. The predicted molar refractivity (Wildman–Crippen MR) is 72.9 cm³/mol. The molecule has 0 spiro atoms. The molecule has 22 heavy (non-hydrogen) atoms. The summed E-state index contributed by atoms with van der Waals surface area (Å²) in [7, 11) is 0. The maximum Gasteiger partial charge on any atom is 0.416 e. The summed E-state index contributed by atoms with van der Waals surface area (Å²) in [5, 5.41) is 3.58. The van der Waals surface area contributed by atoms with E-state index in [1.54, 1.807) is 0 Å². The lowest BCUT2D eigenvalue weighted by molar-refractivity contribution is -0.137. The molecule has 2 aromatic carbocycles. The summed E-state index contributed by atoms with van der Waals surface area (Å²) < 4.78 is 50.3. The van der Waals surface area contributed by atoms with Crippen molar-refractivity contribution in [2.75, 3.05) is 0 Å². The molecule has 0 aromatic heterocycles. The van der Waals surface area contributed by atoms with E-state index in [-0.39, 0.29) is 11.1 Å². The van der Waals surface area contributed by atoms with Crippen molar-refractivity contribution in [3.63, 3.8) is 0 Å². The zero-order chi connectivity index (χ0) is 16.2. The van der Waals surface area contributed by atoms with Gasteiger partial charge in [-0.15, -0.1) is 0 Å². The zero-order valence-electron chi connectivity index (χ0n) is 11.1. The van der Waals surface area contributed by atoms with Crippen molar-refractivity contribution in [1.29, 1.82) is 0 Å². The molecule has 0 fully saturated rings. The minimum atomic E-state index is -4.44. The molecule has 0 unspecified atom stereocenters. The monoisotopic (exact) mass is 310 g/mol. The van der Waals surface area contributed by atoms with Crippen molar-refractivity contribution in [2.45, 2.75) is 6.18 Å². The summed E-state index contributed by atoms with van der Waals surface area (Å²) in [5.74, 6) is -1.08. The van der Waals surface area contributed by atoms with Crippen molar-refractivity contribution in [2.24, 2.45) is 5.10 Å². The lowest BCUT2D eigenvalue weighted by Crippen LogP contribution is -2.17. The van der Waals surface area contributed by atoms with Gasteiger partial charge in [0.25, 0.3) is 5.91 Å². The average molecular weight is 310 g/mol. The Morgan fingerprint density at radius 3 is 2.41 bits per heavy atom. The highest BCUT2D eigenvalue weighted by molar-refractivity contribution is 5.94. The van der Waals surface area contributed by atoms with Crippen molar-refractivity contribution >= 4 is 12.1 Å². The molecule has 0 aliphatic heterocycles. The quantitative estimate of drug-likeness (QED) is 0.525. The second kappa shape index (κ2) is 6.38. The molecule has 2 rings (SSSR count). The number of alkyl halides is 3. The van der Waals surface area contributed by atoms with Crippen molar-refractivity contribution in [3.05, 3.63) is 71.0 Å². The molecule has 7 heteroatoms. The third-order valence-electron chi connectivity index (χ3n) is 2.70. The fourth-order valence-electron chi connectivity index (χ4n) is 1.63. The van der Waals surface area contributed by atoms with E-state index >= 15 is 0 Å². The van der Waals surface area contributed by atoms with Crippen LogP contribution in [-0.4, -0.2) is 12.1 Å². The molecule has 0 radical (unpaired) electrons. The first kappa shape index (κ1) is 15.7. The highest BCUT2D eigenvalue weighted by Crippen LogP contribution is 2.29. The molecule has 0 saturated carbocycles. The Morgan fingerprint density at radius 2 is 1.77 bits per heavy atom. The van der Waals surface area contributed by atoms with Crippen LogP contribution in [0.3, 0.4) is 0 Å². The Hall–Kier alpha value is -2.70. The van der Waals surface area contributed by atoms with Gasteiger partial charge in [0.15, 0.2) is 0 Å². The minimum Gasteiger partial charge on any atom is -0.267 e. The summed E-state index contributed by atoms with van der Waals surface area (Å²) >= 11 is 0. The van der Waals surface area contributed by atoms with E-state index in [1.165, 1.54) is 24.3 Å². The molecular weight excluding hydrogens is 300 g/mol. The van der Waals surface area contributed by atoms with Gasteiger partial charge in [-0.05, 0) is 42.0 Å². The minimum absolute atomic E-state index is 0.183. The Kier molecular flexibility index (Phi) is 4.55. The van der Waals surface area contributed by atoms with E-state index in [0.29, 0.717) is 0 Å². The SMILES string of the molecule is O=C(NN=Cc1cccc(C(F)(F)F)c1)c1ccc(F)cc1. The summed E-state index contributed by atoms with van der Waals surface area (Å²) in [6, 6.07) is 9.28. The Labute approximate surface area is 123 Å². The number of carbonyl (C=O) groups excluding carboxylic acids is 1. The summed E-state index contributed by atoms with van der Waals surface area (Å²) in [5.41, 5.74) is 1.72. The van der Waals surface area contributed by atoms with Crippen LogP contribution < -0.4 is 5.43 Å². The van der Waals surface area contributed by atoms with Crippen molar-refractivity contribution in [1.82, 2.24) is 5.43 Å². The molecule has 0 atom stereocenters. The fourth-order valence-corrected chi connectivity index (χ4v) is 1.63. The van der Waals surface area contributed by atoms with Crippen LogP contribution in [0, 0.1) is 5.82 Å².